The molecule has 1 N–H and O–H groups in total. The fraction of sp³-hybridized carbons (Fsp3) is 0.172. The van der Waals surface area contributed by atoms with Gasteiger partial charge in [0.15, 0.2) is 17.3 Å². The quantitative estimate of drug-likeness (QED) is 0.375. The number of benzene rings is 3. The molecule has 1 aliphatic rings. The first-order chi connectivity index (χ1) is 18.0. The number of halogens is 1. The Morgan fingerprint density at radius 1 is 0.919 bits per heavy atom. The summed E-state index contributed by atoms with van der Waals surface area (Å²) in [5.74, 6) is 0.769. The minimum absolute atomic E-state index is 0.0290. The van der Waals surface area contributed by atoms with Crippen molar-refractivity contribution in [2.24, 2.45) is 0 Å². The summed E-state index contributed by atoms with van der Waals surface area (Å²) in [5.41, 5.74) is 3.36. The molecule has 0 aliphatic carbocycles. The van der Waals surface area contributed by atoms with E-state index in [0.29, 0.717) is 42.5 Å². The van der Waals surface area contributed by atoms with Crippen LogP contribution >= 0.6 is 0 Å². The Balaban J connectivity index is 1.27. The van der Waals surface area contributed by atoms with Crippen LogP contribution in [-0.2, 0) is 13.0 Å². The molecular weight excluding hydrogens is 475 g/mol. The Bertz CT molecular complexity index is 1460. The van der Waals surface area contributed by atoms with E-state index in [1.807, 2.05) is 12.1 Å². The topological polar surface area (TPSA) is 81.0 Å². The smallest absolute Gasteiger partial charge is 0.289 e. The van der Waals surface area contributed by atoms with Crippen molar-refractivity contribution in [2.75, 3.05) is 26.1 Å². The number of furan rings is 1. The maximum absolute atomic E-state index is 13.9. The molecule has 0 saturated heterocycles. The maximum Gasteiger partial charge on any atom is 0.289 e. The number of carbonyl (C=O) groups is 2. The molecule has 0 unspecified atom stereocenters. The predicted octanol–water partition coefficient (Wildman–Crippen LogP) is 5.55. The first-order valence-corrected chi connectivity index (χ1v) is 11.8. The monoisotopic (exact) mass is 500 g/mol. The van der Waals surface area contributed by atoms with Crippen LogP contribution in [0.25, 0.3) is 11.3 Å². The Morgan fingerprint density at radius 3 is 2.32 bits per heavy atom. The Hall–Kier alpha value is -4.59. The number of hydrogen-bond donors (Lipinski definition) is 1. The number of rotatable bonds is 6. The summed E-state index contributed by atoms with van der Waals surface area (Å²) in [5, 5.41) is 2.68. The van der Waals surface area contributed by atoms with Crippen molar-refractivity contribution < 1.29 is 27.9 Å². The van der Waals surface area contributed by atoms with Crippen LogP contribution in [-0.4, -0.2) is 37.5 Å². The van der Waals surface area contributed by atoms with Crippen molar-refractivity contribution in [1.82, 2.24) is 4.90 Å². The molecule has 2 amide bonds. The summed E-state index contributed by atoms with van der Waals surface area (Å²) in [4.78, 5) is 27.3. The maximum atomic E-state index is 13.9. The SMILES string of the molecule is COc1cc2c(cc1OC)CN(C(=O)c1ccc(-c3ccc(NC(=O)c4ccccc4F)cc3)o1)CC2. The summed E-state index contributed by atoms with van der Waals surface area (Å²) < 4.78 is 30.5. The third-order valence-electron chi connectivity index (χ3n) is 6.37. The van der Waals surface area contributed by atoms with E-state index in [9.17, 15) is 14.0 Å². The summed E-state index contributed by atoms with van der Waals surface area (Å²) in [7, 11) is 3.19. The number of nitrogens with one attached hydrogen (secondary N) is 1. The van der Waals surface area contributed by atoms with Crippen LogP contribution in [0, 0.1) is 5.82 Å². The van der Waals surface area contributed by atoms with Gasteiger partial charge in [0, 0.05) is 24.3 Å². The minimum atomic E-state index is -0.583. The lowest BCUT2D eigenvalue weighted by Crippen LogP contribution is -2.35. The summed E-state index contributed by atoms with van der Waals surface area (Å²) in [6.45, 7) is 1.01. The van der Waals surface area contributed by atoms with Crippen molar-refractivity contribution >= 4 is 17.5 Å². The summed E-state index contributed by atoms with van der Waals surface area (Å²) in [6, 6.07) is 20.0. The minimum Gasteiger partial charge on any atom is -0.493 e. The van der Waals surface area contributed by atoms with Gasteiger partial charge in [0.1, 0.15) is 11.6 Å². The fourth-order valence-corrected chi connectivity index (χ4v) is 4.38. The van der Waals surface area contributed by atoms with Gasteiger partial charge in [-0.3, -0.25) is 9.59 Å². The van der Waals surface area contributed by atoms with Crippen molar-refractivity contribution in [3.05, 3.63) is 101 Å². The van der Waals surface area contributed by atoms with E-state index in [0.717, 1.165) is 16.7 Å². The zero-order valence-electron chi connectivity index (χ0n) is 20.4. The third-order valence-corrected chi connectivity index (χ3v) is 6.37. The van der Waals surface area contributed by atoms with Crippen molar-refractivity contribution in [1.29, 1.82) is 0 Å². The summed E-state index contributed by atoms with van der Waals surface area (Å²) >= 11 is 0. The highest BCUT2D eigenvalue weighted by atomic mass is 19.1. The lowest BCUT2D eigenvalue weighted by atomic mass is 9.98. The Morgan fingerprint density at radius 2 is 1.62 bits per heavy atom. The van der Waals surface area contributed by atoms with E-state index in [-0.39, 0.29) is 17.2 Å². The zero-order chi connectivity index (χ0) is 25.9. The highest BCUT2D eigenvalue weighted by molar-refractivity contribution is 6.04. The van der Waals surface area contributed by atoms with Crippen LogP contribution in [0.1, 0.15) is 32.0 Å². The number of fused-ring (bicyclic) bond motifs is 1. The lowest BCUT2D eigenvalue weighted by molar-refractivity contribution is 0.0703. The molecule has 0 fully saturated rings. The van der Waals surface area contributed by atoms with Gasteiger partial charge < -0.3 is 24.1 Å². The van der Waals surface area contributed by atoms with Crippen LogP contribution in [0.4, 0.5) is 10.1 Å². The van der Waals surface area contributed by atoms with Gasteiger partial charge in [-0.25, -0.2) is 4.39 Å². The van der Waals surface area contributed by atoms with Gasteiger partial charge in [-0.05, 0) is 78.2 Å². The molecule has 2 heterocycles. The second kappa shape index (κ2) is 10.2. The average molecular weight is 501 g/mol. The van der Waals surface area contributed by atoms with Gasteiger partial charge in [-0.2, -0.15) is 0 Å². The number of nitrogens with zero attached hydrogens (tertiary/aromatic N) is 1. The number of carbonyl (C=O) groups excluding carboxylic acids is 2. The van der Waals surface area contributed by atoms with Crippen molar-refractivity contribution in [3.8, 4) is 22.8 Å². The molecule has 7 nitrogen and oxygen atoms in total. The van der Waals surface area contributed by atoms with Crippen molar-refractivity contribution in [3.63, 3.8) is 0 Å². The molecule has 3 aromatic carbocycles. The molecular formula is C29H25FN2O5. The van der Waals surface area contributed by atoms with Gasteiger partial charge in [0.2, 0.25) is 0 Å². The molecule has 4 aromatic rings. The van der Waals surface area contributed by atoms with Gasteiger partial charge in [0.05, 0.1) is 19.8 Å². The Kier molecular flexibility index (Phi) is 6.64. The van der Waals surface area contributed by atoms with E-state index in [1.165, 1.54) is 18.2 Å². The molecule has 8 heteroatoms. The van der Waals surface area contributed by atoms with Gasteiger partial charge in [0.25, 0.3) is 11.8 Å². The van der Waals surface area contributed by atoms with E-state index in [1.54, 1.807) is 61.6 Å². The lowest BCUT2D eigenvalue weighted by Gasteiger charge is -2.29. The second-order valence-corrected chi connectivity index (χ2v) is 8.63. The largest absolute Gasteiger partial charge is 0.493 e. The van der Waals surface area contributed by atoms with E-state index < -0.39 is 11.7 Å². The van der Waals surface area contributed by atoms with Crippen LogP contribution < -0.4 is 14.8 Å². The average Bonchev–Trinajstić information content (AvgIpc) is 3.42. The molecule has 188 valence electrons. The summed E-state index contributed by atoms with van der Waals surface area (Å²) in [6.07, 6.45) is 0.703. The first-order valence-electron chi connectivity index (χ1n) is 11.8. The van der Waals surface area contributed by atoms with Crippen LogP contribution in [0.15, 0.2) is 77.2 Å². The molecule has 1 aromatic heterocycles. The number of anilines is 1. The molecule has 1 aliphatic heterocycles. The molecule has 0 saturated carbocycles. The second-order valence-electron chi connectivity index (χ2n) is 8.63. The highest BCUT2D eigenvalue weighted by Gasteiger charge is 2.26. The molecule has 0 radical (unpaired) electrons. The number of amides is 2. The number of methoxy groups -OCH3 is 2. The Labute approximate surface area is 213 Å². The predicted molar refractivity (Wildman–Crippen MR) is 136 cm³/mol. The van der Waals surface area contributed by atoms with Crippen LogP contribution in [0.5, 0.6) is 11.5 Å². The van der Waals surface area contributed by atoms with Crippen LogP contribution in [0.3, 0.4) is 0 Å². The first kappa shape index (κ1) is 24.1. The molecule has 0 atom stereocenters. The van der Waals surface area contributed by atoms with Crippen LogP contribution in [0.2, 0.25) is 0 Å². The van der Waals surface area contributed by atoms with Gasteiger partial charge in [-0.1, -0.05) is 12.1 Å². The van der Waals surface area contributed by atoms with Gasteiger partial charge >= 0.3 is 0 Å². The van der Waals surface area contributed by atoms with E-state index in [4.69, 9.17) is 13.9 Å². The van der Waals surface area contributed by atoms with E-state index >= 15 is 0 Å². The van der Waals surface area contributed by atoms with Crippen molar-refractivity contribution in [2.45, 2.75) is 13.0 Å². The van der Waals surface area contributed by atoms with E-state index in [2.05, 4.69) is 5.32 Å². The molecule has 5 rings (SSSR count). The standard InChI is InChI=1S/C29H25FN2O5/c1-35-26-15-19-13-14-32(17-20(19)16-27(26)36-2)29(34)25-12-11-24(37-25)18-7-9-21(10-8-18)31-28(33)22-5-3-4-6-23(22)30/h3-12,15-16H,13-14,17H2,1-2H3,(H,31,33). The fourth-order valence-electron chi connectivity index (χ4n) is 4.38. The molecule has 0 spiro atoms. The normalized spacial score (nSPS) is 12.6. The van der Waals surface area contributed by atoms with Gasteiger partial charge in [-0.15, -0.1) is 0 Å². The third kappa shape index (κ3) is 4.91. The number of hydrogen-bond acceptors (Lipinski definition) is 5. The molecule has 0 bridgehead atoms. The highest BCUT2D eigenvalue weighted by Crippen LogP contribution is 2.34. The number of ether oxygens (including phenoxy) is 2. The molecule has 37 heavy (non-hydrogen) atoms. The zero-order valence-corrected chi connectivity index (χ0v) is 20.4.